The first-order chi connectivity index (χ1) is 10.1. The van der Waals surface area contributed by atoms with E-state index in [0.717, 1.165) is 12.8 Å². The van der Waals surface area contributed by atoms with E-state index in [1.165, 1.54) is 35.1 Å². The first-order valence-electron chi connectivity index (χ1n) is 8.09. The zero-order chi connectivity index (χ0) is 14.6. The Morgan fingerprint density at radius 3 is 2.95 bits per heavy atom. The normalized spacial score (nSPS) is 37.0. The summed E-state index contributed by atoms with van der Waals surface area (Å²) < 4.78 is 0. The minimum absolute atomic E-state index is 0.239. The highest BCUT2D eigenvalue weighted by Crippen LogP contribution is 2.61. The maximum atomic E-state index is 5.76. The zero-order valence-corrected chi connectivity index (χ0v) is 12.7. The van der Waals surface area contributed by atoms with Crippen molar-refractivity contribution in [3.05, 3.63) is 53.6 Å². The fourth-order valence-corrected chi connectivity index (χ4v) is 5.29. The van der Waals surface area contributed by atoms with Crippen LogP contribution in [0.25, 0.3) is 5.57 Å². The fraction of sp³-hybridized carbons (Fsp3) is 0.429. The lowest BCUT2D eigenvalue weighted by molar-refractivity contribution is 0.0900. The van der Waals surface area contributed by atoms with Gasteiger partial charge in [-0.15, -0.1) is 6.42 Å². The third kappa shape index (κ3) is 1.64. The lowest BCUT2D eigenvalue weighted by atomic mass is 9.54. The van der Waals surface area contributed by atoms with E-state index in [-0.39, 0.29) is 5.41 Å². The molecule has 0 spiro atoms. The average Bonchev–Trinajstić information content (AvgIpc) is 2.84. The van der Waals surface area contributed by atoms with Crippen molar-refractivity contribution >= 4 is 5.57 Å². The summed E-state index contributed by atoms with van der Waals surface area (Å²) in [6.07, 6.45) is 12.9. The molecule has 1 fully saturated rings. The van der Waals surface area contributed by atoms with Crippen molar-refractivity contribution in [1.29, 1.82) is 0 Å². The van der Waals surface area contributed by atoms with Crippen LogP contribution in [0.3, 0.4) is 0 Å². The van der Waals surface area contributed by atoms with Crippen LogP contribution in [0.5, 0.6) is 0 Å². The monoisotopic (exact) mass is 274 g/mol. The molecule has 0 bridgehead atoms. The topological polar surface area (TPSA) is 0 Å². The standard InChI is InChI=1S/C21H22/c1-4-15-9-10-20-19-13-14(2)16-7-5-6-8-17(16)18(19)11-12-21(15,20)3/h1,5-9,18-20H,2,10-13H2,3H3. The average molecular weight is 274 g/mol. The molecule has 1 saturated carbocycles. The van der Waals surface area contributed by atoms with Crippen LogP contribution in [0.4, 0.5) is 0 Å². The Hall–Kier alpha value is -1.74. The van der Waals surface area contributed by atoms with Gasteiger partial charge in [-0.25, -0.2) is 0 Å². The maximum absolute atomic E-state index is 5.76. The lowest BCUT2D eigenvalue weighted by Gasteiger charge is -2.50. The molecule has 0 N–H and O–H groups in total. The number of allylic oxidation sites excluding steroid dienone is 3. The molecule has 4 unspecified atom stereocenters. The fourth-order valence-electron chi connectivity index (χ4n) is 5.29. The molecule has 106 valence electrons. The van der Waals surface area contributed by atoms with Crippen LogP contribution in [-0.2, 0) is 0 Å². The van der Waals surface area contributed by atoms with E-state index in [1.54, 1.807) is 0 Å². The first-order valence-corrected chi connectivity index (χ1v) is 8.09. The molecular weight excluding hydrogens is 252 g/mol. The molecule has 21 heavy (non-hydrogen) atoms. The van der Waals surface area contributed by atoms with Crippen LogP contribution in [0.1, 0.15) is 49.7 Å². The van der Waals surface area contributed by atoms with Gasteiger partial charge in [0.15, 0.2) is 0 Å². The van der Waals surface area contributed by atoms with E-state index in [2.05, 4.69) is 49.8 Å². The molecule has 4 rings (SSSR count). The van der Waals surface area contributed by atoms with Gasteiger partial charge < -0.3 is 0 Å². The van der Waals surface area contributed by atoms with Gasteiger partial charge in [-0.05, 0) is 60.1 Å². The van der Waals surface area contributed by atoms with Crippen LogP contribution < -0.4 is 0 Å². The Morgan fingerprint density at radius 2 is 2.14 bits per heavy atom. The van der Waals surface area contributed by atoms with Crippen LogP contribution in [-0.4, -0.2) is 0 Å². The first kappa shape index (κ1) is 13.0. The lowest BCUT2D eigenvalue weighted by Crippen LogP contribution is -2.40. The van der Waals surface area contributed by atoms with Crippen molar-refractivity contribution in [1.82, 2.24) is 0 Å². The second-order valence-electron chi connectivity index (χ2n) is 7.23. The summed E-state index contributed by atoms with van der Waals surface area (Å²) in [5, 5.41) is 0. The Bertz CT molecular complexity index is 684. The van der Waals surface area contributed by atoms with Gasteiger partial charge in [0, 0.05) is 11.0 Å². The van der Waals surface area contributed by atoms with Gasteiger partial charge in [-0.1, -0.05) is 49.8 Å². The summed E-state index contributed by atoms with van der Waals surface area (Å²) in [5.41, 5.74) is 5.77. The van der Waals surface area contributed by atoms with Crippen LogP contribution in [0.15, 0.2) is 42.5 Å². The minimum Gasteiger partial charge on any atom is -0.115 e. The highest BCUT2D eigenvalue weighted by Gasteiger charge is 2.51. The van der Waals surface area contributed by atoms with Gasteiger partial charge in [-0.2, -0.15) is 0 Å². The van der Waals surface area contributed by atoms with E-state index >= 15 is 0 Å². The molecule has 0 radical (unpaired) electrons. The molecule has 3 aliphatic carbocycles. The van der Waals surface area contributed by atoms with E-state index in [9.17, 15) is 0 Å². The van der Waals surface area contributed by atoms with Crippen molar-refractivity contribution < 1.29 is 0 Å². The molecule has 0 heterocycles. The third-order valence-electron chi connectivity index (χ3n) is 6.40. The highest BCUT2D eigenvalue weighted by molar-refractivity contribution is 5.69. The largest absolute Gasteiger partial charge is 0.115 e. The Balaban J connectivity index is 1.77. The summed E-state index contributed by atoms with van der Waals surface area (Å²) in [5.74, 6) is 5.09. The van der Waals surface area contributed by atoms with Crippen molar-refractivity contribution in [2.45, 2.75) is 38.5 Å². The SMILES string of the molecule is C#CC1=CCC2C3CC(=C)c4ccccc4C3CCC12C. The Kier molecular flexibility index (Phi) is 2.70. The summed E-state index contributed by atoms with van der Waals surface area (Å²) in [7, 11) is 0. The molecular formula is C21H22. The van der Waals surface area contributed by atoms with Crippen LogP contribution >= 0.6 is 0 Å². The summed E-state index contributed by atoms with van der Waals surface area (Å²) in [6.45, 7) is 6.76. The quantitative estimate of drug-likeness (QED) is 0.572. The van der Waals surface area contributed by atoms with Gasteiger partial charge in [0.05, 0.1) is 0 Å². The molecule has 0 heteroatoms. The van der Waals surface area contributed by atoms with E-state index in [0.29, 0.717) is 17.8 Å². The van der Waals surface area contributed by atoms with Crippen LogP contribution in [0, 0.1) is 29.6 Å². The second kappa shape index (κ2) is 4.38. The number of rotatable bonds is 0. The minimum atomic E-state index is 0.239. The second-order valence-corrected chi connectivity index (χ2v) is 7.23. The number of fused-ring (bicyclic) bond motifs is 5. The maximum Gasteiger partial charge on any atom is 0.00400 e. The number of terminal acetylenes is 1. The molecule has 4 atom stereocenters. The Labute approximate surface area is 128 Å². The zero-order valence-electron chi connectivity index (χ0n) is 12.7. The van der Waals surface area contributed by atoms with Gasteiger partial charge in [-0.3, -0.25) is 0 Å². The van der Waals surface area contributed by atoms with Crippen molar-refractivity contribution in [2.24, 2.45) is 17.3 Å². The molecule has 0 aromatic heterocycles. The van der Waals surface area contributed by atoms with E-state index < -0.39 is 0 Å². The van der Waals surface area contributed by atoms with E-state index in [4.69, 9.17) is 6.42 Å². The number of benzene rings is 1. The molecule has 0 amide bonds. The molecule has 3 aliphatic rings. The smallest absolute Gasteiger partial charge is 0.00400 e. The van der Waals surface area contributed by atoms with Crippen LogP contribution in [0.2, 0.25) is 0 Å². The highest BCUT2D eigenvalue weighted by atomic mass is 14.5. The van der Waals surface area contributed by atoms with Crippen molar-refractivity contribution in [3.8, 4) is 12.3 Å². The van der Waals surface area contributed by atoms with Gasteiger partial charge >= 0.3 is 0 Å². The number of hydrogen-bond acceptors (Lipinski definition) is 0. The summed E-state index contributed by atoms with van der Waals surface area (Å²) >= 11 is 0. The van der Waals surface area contributed by atoms with Gasteiger partial charge in [0.1, 0.15) is 0 Å². The predicted octanol–water partition coefficient (Wildman–Crippen LogP) is 5.18. The Morgan fingerprint density at radius 1 is 1.33 bits per heavy atom. The molecule has 1 aromatic rings. The van der Waals surface area contributed by atoms with Gasteiger partial charge in [0.25, 0.3) is 0 Å². The van der Waals surface area contributed by atoms with Gasteiger partial charge in [0.2, 0.25) is 0 Å². The summed E-state index contributed by atoms with van der Waals surface area (Å²) in [6, 6.07) is 8.90. The van der Waals surface area contributed by atoms with E-state index in [1.807, 2.05) is 0 Å². The van der Waals surface area contributed by atoms with Crippen molar-refractivity contribution in [3.63, 3.8) is 0 Å². The predicted molar refractivity (Wildman–Crippen MR) is 88.7 cm³/mol. The molecule has 1 aromatic carbocycles. The molecule has 0 nitrogen and oxygen atoms in total. The molecule has 0 saturated heterocycles. The van der Waals surface area contributed by atoms with Crippen molar-refractivity contribution in [2.75, 3.05) is 0 Å². The summed E-state index contributed by atoms with van der Waals surface area (Å²) in [4.78, 5) is 0. The third-order valence-corrected chi connectivity index (χ3v) is 6.40. The number of hydrogen-bond donors (Lipinski definition) is 0. The molecule has 0 aliphatic heterocycles.